The molecule has 1 aliphatic heterocycles. The second kappa shape index (κ2) is 8.84. The van der Waals surface area contributed by atoms with Gasteiger partial charge in [-0.3, -0.25) is 9.69 Å². The van der Waals surface area contributed by atoms with E-state index >= 15 is 0 Å². The number of sulfonamides is 1. The first-order chi connectivity index (χ1) is 13.3. The zero-order chi connectivity index (χ0) is 20.3. The standard InChI is InChI=1S/C19H27F2N3O3S/c1-14(19(25)22-16-5-3-2-4-6-16)23-9-11-24(12-10-23)28(26,27)18-13-15(20)7-8-17(18)21/h7-8,13-14,16H,2-6,9-12H2,1H3,(H,22,25)/t14-/m0/s1. The number of piperazine rings is 1. The van der Waals surface area contributed by atoms with Crippen LogP contribution in [0.2, 0.25) is 0 Å². The smallest absolute Gasteiger partial charge is 0.246 e. The molecule has 0 aromatic heterocycles. The van der Waals surface area contributed by atoms with Crippen LogP contribution in [-0.2, 0) is 14.8 Å². The number of amides is 1. The van der Waals surface area contributed by atoms with E-state index in [9.17, 15) is 22.0 Å². The molecule has 1 N–H and O–H groups in total. The molecule has 1 heterocycles. The highest BCUT2D eigenvalue weighted by Crippen LogP contribution is 2.22. The summed E-state index contributed by atoms with van der Waals surface area (Å²) in [5.41, 5.74) is 0. The number of halogens is 2. The van der Waals surface area contributed by atoms with E-state index in [1.54, 1.807) is 0 Å². The predicted octanol–water partition coefficient (Wildman–Crippen LogP) is 2.11. The monoisotopic (exact) mass is 415 g/mol. The van der Waals surface area contributed by atoms with Crippen LogP contribution in [0.15, 0.2) is 23.1 Å². The molecular weight excluding hydrogens is 388 g/mol. The molecule has 6 nitrogen and oxygen atoms in total. The van der Waals surface area contributed by atoms with Crippen molar-refractivity contribution in [1.82, 2.24) is 14.5 Å². The van der Waals surface area contributed by atoms with Gasteiger partial charge in [-0.25, -0.2) is 17.2 Å². The zero-order valence-electron chi connectivity index (χ0n) is 16.0. The van der Waals surface area contributed by atoms with Crippen molar-refractivity contribution in [2.24, 2.45) is 0 Å². The molecule has 2 fully saturated rings. The van der Waals surface area contributed by atoms with E-state index in [1.807, 2.05) is 11.8 Å². The van der Waals surface area contributed by atoms with Crippen LogP contribution in [0.1, 0.15) is 39.0 Å². The van der Waals surface area contributed by atoms with E-state index in [1.165, 1.54) is 6.42 Å². The minimum atomic E-state index is -4.12. The van der Waals surface area contributed by atoms with E-state index in [4.69, 9.17) is 0 Å². The molecule has 1 aromatic carbocycles. The molecule has 0 radical (unpaired) electrons. The van der Waals surface area contributed by atoms with Crippen molar-refractivity contribution >= 4 is 15.9 Å². The molecule has 1 aliphatic carbocycles. The van der Waals surface area contributed by atoms with Gasteiger partial charge in [-0.05, 0) is 38.0 Å². The normalized spacial score (nSPS) is 21.4. The quantitative estimate of drug-likeness (QED) is 0.800. The molecule has 1 atom stereocenters. The number of hydrogen-bond acceptors (Lipinski definition) is 4. The van der Waals surface area contributed by atoms with E-state index in [2.05, 4.69) is 5.32 Å². The summed E-state index contributed by atoms with van der Waals surface area (Å²) in [5, 5.41) is 3.09. The molecule has 1 amide bonds. The lowest BCUT2D eigenvalue weighted by molar-refractivity contribution is -0.127. The number of nitrogens with one attached hydrogen (secondary N) is 1. The molecule has 9 heteroatoms. The average molecular weight is 416 g/mol. The van der Waals surface area contributed by atoms with Crippen LogP contribution in [0, 0.1) is 11.6 Å². The predicted molar refractivity (Wildman–Crippen MR) is 101 cm³/mol. The molecule has 28 heavy (non-hydrogen) atoms. The molecule has 0 unspecified atom stereocenters. The maximum Gasteiger partial charge on any atom is 0.246 e. The fourth-order valence-corrected chi connectivity index (χ4v) is 5.38. The Morgan fingerprint density at radius 1 is 1.11 bits per heavy atom. The van der Waals surface area contributed by atoms with E-state index < -0.39 is 26.6 Å². The SMILES string of the molecule is C[C@@H](C(=O)NC1CCCCC1)N1CCN(S(=O)(=O)c2cc(F)ccc2F)CC1. The van der Waals surface area contributed by atoms with Crippen LogP contribution in [0.5, 0.6) is 0 Å². The highest BCUT2D eigenvalue weighted by Gasteiger charge is 2.33. The number of hydrogen-bond donors (Lipinski definition) is 1. The number of carbonyl (C=O) groups is 1. The molecule has 2 aliphatic rings. The fraction of sp³-hybridized carbons (Fsp3) is 0.632. The van der Waals surface area contributed by atoms with Gasteiger partial charge in [0, 0.05) is 32.2 Å². The summed E-state index contributed by atoms with van der Waals surface area (Å²) in [4.78, 5) is 13.8. The van der Waals surface area contributed by atoms with Gasteiger partial charge in [0.05, 0.1) is 6.04 Å². The second-order valence-corrected chi connectivity index (χ2v) is 9.44. The maximum atomic E-state index is 13.9. The topological polar surface area (TPSA) is 69.7 Å². The molecule has 1 saturated carbocycles. The molecular formula is C19H27F2N3O3S. The first kappa shape index (κ1) is 21.1. The number of nitrogens with zero attached hydrogens (tertiary/aromatic N) is 2. The third-order valence-electron chi connectivity index (χ3n) is 5.66. The van der Waals surface area contributed by atoms with Crippen LogP contribution in [-0.4, -0.2) is 61.8 Å². The summed E-state index contributed by atoms with van der Waals surface area (Å²) in [6.45, 7) is 2.78. The van der Waals surface area contributed by atoms with Gasteiger partial charge >= 0.3 is 0 Å². The summed E-state index contributed by atoms with van der Waals surface area (Å²) < 4.78 is 53.8. The van der Waals surface area contributed by atoms with Gasteiger partial charge in [-0.2, -0.15) is 4.31 Å². The van der Waals surface area contributed by atoms with E-state index in [0.717, 1.165) is 42.1 Å². The Morgan fingerprint density at radius 2 is 1.75 bits per heavy atom. The Balaban J connectivity index is 1.58. The third-order valence-corrected chi connectivity index (χ3v) is 7.58. The third kappa shape index (κ3) is 4.69. The largest absolute Gasteiger partial charge is 0.352 e. The second-order valence-electron chi connectivity index (χ2n) is 7.53. The van der Waals surface area contributed by atoms with Crippen molar-refractivity contribution in [1.29, 1.82) is 0 Å². The lowest BCUT2D eigenvalue weighted by atomic mass is 9.95. The van der Waals surface area contributed by atoms with Gasteiger partial charge in [0.15, 0.2) is 0 Å². The van der Waals surface area contributed by atoms with Crippen molar-refractivity contribution in [3.63, 3.8) is 0 Å². The molecule has 156 valence electrons. The Labute approximate surface area is 164 Å². The molecule has 3 rings (SSSR count). The van der Waals surface area contributed by atoms with Gasteiger partial charge in [0.25, 0.3) is 0 Å². The number of carbonyl (C=O) groups excluding carboxylic acids is 1. The van der Waals surface area contributed by atoms with E-state index in [0.29, 0.717) is 19.2 Å². The first-order valence-electron chi connectivity index (χ1n) is 9.78. The first-order valence-corrected chi connectivity index (χ1v) is 11.2. The van der Waals surface area contributed by atoms with E-state index in [-0.39, 0.29) is 31.1 Å². The van der Waals surface area contributed by atoms with Crippen molar-refractivity contribution in [3.05, 3.63) is 29.8 Å². The highest BCUT2D eigenvalue weighted by molar-refractivity contribution is 7.89. The fourth-order valence-electron chi connectivity index (χ4n) is 3.88. The van der Waals surface area contributed by atoms with Crippen LogP contribution < -0.4 is 5.32 Å². The summed E-state index contributed by atoms with van der Waals surface area (Å²) >= 11 is 0. The van der Waals surface area contributed by atoms with Crippen LogP contribution in [0.25, 0.3) is 0 Å². The molecule has 0 spiro atoms. The Morgan fingerprint density at radius 3 is 2.39 bits per heavy atom. The maximum absolute atomic E-state index is 13.9. The van der Waals surface area contributed by atoms with Gasteiger partial charge in [0.1, 0.15) is 16.5 Å². The summed E-state index contributed by atoms with van der Waals surface area (Å²) in [7, 11) is -4.12. The number of rotatable bonds is 5. The van der Waals surface area contributed by atoms with Gasteiger partial charge < -0.3 is 5.32 Å². The van der Waals surface area contributed by atoms with Crippen LogP contribution >= 0.6 is 0 Å². The summed E-state index contributed by atoms with van der Waals surface area (Å²) in [5.74, 6) is -1.81. The zero-order valence-corrected chi connectivity index (χ0v) is 16.9. The Kier molecular flexibility index (Phi) is 6.67. The van der Waals surface area contributed by atoms with Gasteiger partial charge in [-0.15, -0.1) is 0 Å². The Bertz CT molecular complexity index is 805. The van der Waals surface area contributed by atoms with Gasteiger partial charge in [-0.1, -0.05) is 19.3 Å². The lowest BCUT2D eigenvalue weighted by Crippen LogP contribution is -2.56. The lowest BCUT2D eigenvalue weighted by Gasteiger charge is -2.37. The number of benzene rings is 1. The highest BCUT2D eigenvalue weighted by atomic mass is 32.2. The minimum absolute atomic E-state index is 0.0422. The van der Waals surface area contributed by atoms with Crippen molar-refractivity contribution in [2.45, 2.75) is 56.0 Å². The summed E-state index contributed by atoms with van der Waals surface area (Å²) in [6, 6.07) is 2.27. The van der Waals surface area contributed by atoms with Crippen LogP contribution in [0.3, 0.4) is 0 Å². The van der Waals surface area contributed by atoms with Crippen molar-refractivity contribution < 1.29 is 22.0 Å². The molecule has 1 aromatic rings. The Hall–Kier alpha value is -1.58. The molecule has 0 bridgehead atoms. The minimum Gasteiger partial charge on any atom is -0.352 e. The van der Waals surface area contributed by atoms with Crippen molar-refractivity contribution in [2.75, 3.05) is 26.2 Å². The van der Waals surface area contributed by atoms with Crippen molar-refractivity contribution in [3.8, 4) is 0 Å². The van der Waals surface area contributed by atoms with Crippen LogP contribution in [0.4, 0.5) is 8.78 Å². The molecule has 1 saturated heterocycles. The average Bonchev–Trinajstić information content (AvgIpc) is 2.70. The van der Waals surface area contributed by atoms with Gasteiger partial charge in [0.2, 0.25) is 15.9 Å². The summed E-state index contributed by atoms with van der Waals surface area (Å²) in [6.07, 6.45) is 5.48.